The van der Waals surface area contributed by atoms with Gasteiger partial charge in [-0.1, -0.05) is 30.3 Å². The van der Waals surface area contributed by atoms with E-state index in [0.717, 1.165) is 38.3 Å². The molecule has 0 radical (unpaired) electrons. The molecular formula is C23H21FN4O. The Morgan fingerprint density at radius 2 is 1.62 bits per heavy atom. The zero-order valence-electron chi connectivity index (χ0n) is 16.0. The summed E-state index contributed by atoms with van der Waals surface area (Å²) >= 11 is 0. The highest BCUT2D eigenvalue weighted by atomic mass is 19.1. The highest BCUT2D eigenvalue weighted by Crippen LogP contribution is 2.54. The summed E-state index contributed by atoms with van der Waals surface area (Å²) in [5.74, 6) is 1.70. The molecule has 0 unspecified atom stereocenters. The van der Waals surface area contributed by atoms with Crippen molar-refractivity contribution in [2.24, 2.45) is 0 Å². The van der Waals surface area contributed by atoms with Crippen molar-refractivity contribution < 1.29 is 8.81 Å². The molecule has 1 aliphatic carbocycles. The molecule has 146 valence electrons. The molecule has 2 aliphatic rings. The van der Waals surface area contributed by atoms with Crippen molar-refractivity contribution in [1.29, 1.82) is 5.26 Å². The van der Waals surface area contributed by atoms with Crippen molar-refractivity contribution in [3.05, 3.63) is 77.6 Å². The Hall–Kier alpha value is -3.33. The fraction of sp³-hybridized carbons (Fsp3) is 0.304. The van der Waals surface area contributed by atoms with Crippen LogP contribution in [0.5, 0.6) is 0 Å². The molecule has 0 N–H and O–H groups in total. The van der Waals surface area contributed by atoms with Gasteiger partial charge in [0, 0.05) is 37.8 Å². The van der Waals surface area contributed by atoms with E-state index in [0.29, 0.717) is 23.4 Å². The van der Waals surface area contributed by atoms with E-state index in [9.17, 15) is 9.65 Å². The highest BCUT2D eigenvalue weighted by molar-refractivity contribution is 5.52. The van der Waals surface area contributed by atoms with E-state index in [2.05, 4.69) is 33.0 Å². The van der Waals surface area contributed by atoms with Crippen LogP contribution in [0.1, 0.15) is 35.4 Å². The lowest BCUT2D eigenvalue weighted by molar-refractivity contribution is 0.476. The smallest absolute Gasteiger partial charge is 0.234 e. The van der Waals surface area contributed by atoms with Crippen molar-refractivity contribution in [2.45, 2.75) is 18.3 Å². The first-order valence-corrected chi connectivity index (χ1v) is 9.94. The number of hydrogen-bond donors (Lipinski definition) is 0. The minimum Gasteiger partial charge on any atom is -0.423 e. The largest absolute Gasteiger partial charge is 0.423 e. The number of aromatic nitrogens is 1. The number of hydrogen-bond acceptors (Lipinski definition) is 5. The predicted molar refractivity (Wildman–Crippen MR) is 109 cm³/mol. The van der Waals surface area contributed by atoms with Crippen molar-refractivity contribution in [1.82, 2.24) is 4.98 Å². The van der Waals surface area contributed by atoms with Gasteiger partial charge in [-0.25, -0.2) is 9.37 Å². The van der Waals surface area contributed by atoms with Gasteiger partial charge in [0.15, 0.2) is 0 Å². The maximum absolute atomic E-state index is 13.2. The van der Waals surface area contributed by atoms with Crippen LogP contribution in [0.3, 0.4) is 0 Å². The molecule has 1 aliphatic heterocycles. The number of nitrogens with zero attached hydrogens (tertiary/aromatic N) is 4. The molecule has 1 saturated heterocycles. The number of piperazine rings is 1. The van der Waals surface area contributed by atoms with Gasteiger partial charge in [-0.15, -0.1) is 0 Å². The molecule has 0 amide bonds. The molecule has 0 spiro atoms. The molecule has 5 rings (SSSR count). The van der Waals surface area contributed by atoms with Gasteiger partial charge < -0.3 is 14.2 Å². The topological polar surface area (TPSA) is 56.3 Å². The summed E-state index contributed by atoms with van der Waals surface area (Å²) in [4.78, 5) is 8.81. The fourth-order valence-electron chi connectivity index (χ4n) is 4.13. The van der Waals surface area contributed by atoms with Gasteiger partial charge in [-0.05, 0) is 42.2 Å². The zero-order valence-corrected chi connectivity index (χ0v) is 16.0. The Bertz CT molecular complexity index is 1030. The predicted octanol–water partition coefficient (Wildman–Crippen LogP) is 4.28. The Labute approximate surface area is 169 Å². The monoisotopic (exact) mass is 388 g/mol. The Morgan fingerprint density at radius 3 is 2.31 bits per heavy atom. The van der Waals surface area contributed by atoms with Crippen LogP contribution >= 0.6 is 0 Å². The van der Waals surface area contributed by atoms with E-state index >= 15 is 0 Å². The van der Waals surface area contributed by atoms with Crippen LogP contribution in [0.15, 0.2) is 59.0 Å². The molecule has 29 heavy (non-hydrogen) atoms. The minimum absolute atomic E-state index is 0.228. The molecule has 2 atom stereocenters. The first-order valence-electron chi connectivity index (χ1n) is 9.94. The summed E-state index contributed by atoms with van der Waals surface area (Å²) in [5, 5.41) is 9.56. The average molecular weight is 388 g/mol. The van der Waals surface area contributed by atoms with Crippen LogP contribution in [0, 0.1) is 17.1 Å². The zero-order chi connectivity index (χ0) is 19.8. The van der Waals surface area contributed by atoms with Crippen molar-refractivity contribution in [2.75, 3.05) is 36.0 Å². The molecule has 2 heterocycles. The SMILES string of the molecule is N#Cc1nc([C@H]2C[C@@H]2c2ccccc2)oc1N1CCN(c2ccc(F)cc2)CC1. The highest BCUT2D eigenvalue weighted by Gasteiger charge is 2.44. The lowest BCUT2D eigenvalue weighted by Gasteiger charge is -2.35. The second-order valence-electron chi connectivity index (χ2n) is 7.63. The summed E-state index contributed by atoms with van der Waals surface area (Å²) in [5.41, 5.74) is 2.67. The lowest BCUT2D eigenvalue weighted by Crippen LogP contribution is -2.46. The molecule has 2 aromatic carbocycles. The first-order chi connectivity index (χ1) is 14.2. The number of halogens is 1. The van der Waals surface area contributed by atoms with Gasteiger partial charge in [0.1, 0.15) is 11.9 Å². The van der Waals surface area contributed by atoms with Gasteiger partial charge >= 0.3 is 0 Å². The van der Waals surface area contributed by atoms with Crippen LogP contribution in [-0.4, -0.2) is 31.2 Å². The molecule has 1 saturated carbocycles. The average Bonchev–Trinajstić information content (AvgIpc) is 3.46. The molecule has 6 heteroatoms. The van der Waals surface area contributed by atoms with Crippen LogP contribution in [-0.2, 0) is 0 Å². The van der Waals surface area contributed by atoms with Gasteiger partial charge in [-0.3, -0.25) is 0 Å². The minimum atomic E-state index is -0.228. The maximum atomic E-state index is 13.2. The molecule has 2 fully saturated rings. The summed E-state index contributed by atoms with van der Waals surface area (Å²) in [6.07, 6.45) is 1.01. The van der Waals surface area contributed by atoms with Gasteiger partial charge in [0.05, 0.1) is 0 Å². The summed E-state index contributed by atoms with van der Waals surface area (Å²) in [6.45, 7) is 3.02. The summed E-state index contributed by atoms with van der Waals surface area (Å²) in [6, 6.07) is 19.1. The number of rotatable bonds is 4. The molecular weight excluding hydrogens is 367 g/mol. The van der Waals surface area contributed by atoms with Crippen LogP contribution in [0.25, 0.3) is 0 Å². The molecule has 3 aromatic rings. The van der Waals surface area contributed by atoms with Crippen molar-refractivity contribution in [3.8, 4) is 6.07 Å². The molecule has 1 aromatic heterocycles. The normalized spacial score (nSPS) is 21.1. The number of nitriles is 1. The van der Waals surface area contributed by atoms with Crippen molar-refractivity contribution in [3.63, 3.8) is 0 Å². The Morgan fingerprint density at radius 1 is 0.931 bits per heavy atom. The second kappa shape index (κ2) is 7.25. The van der Waals surface area contributed by atoms with Gasteiger partial charge in [0.25, 0.3) is 0 Å². The standard InChI is InChI=1S/C23H21FN4O/c24-17-6-8-18(9-7-17)27-10-12-28(13-11-27)23-21(15-25)26-22(29-23)20-14-19(20)16-4-2-1-3-5-16/h1-9,19-20H,10-14H2/t19-,20+/m1/s1. The van der Waals surface area contributed by atoms with Gasteiger partial charge in [0.2, 0.25) is 17.5 Å². The fourth-order valence-corrected chi connectivity index (χ4v) is 4.13. The third-order valence-electron chi connectivity index (χ3n) is 5.83. The Kier molecular flexibility index (Phi) is 4.44. The Balaban J connectivity index is 1.29. The third kappa shape index (κ3) is 3.44. The summed E-state index contributed by atoms with van der Waals surface area (Å²) < 4.78 is 19.3. The lowest BCUT2D eigenvalue weighted by atomic mass is 10.1. The third-order valence-corrected chi connectivity index (χ3v) is 5.83. The number of benzene rings is 2. The van der Waals surface area contributed by atoms with E-state index in [-0.39, 0.29) is 11.7 Å². The quantitative estimate of drug-likeness (QED) is 0.668. The van der Waals surface area contributed by atoms with E-state index in [4.69, 9.17) is 4.42 Å². The first kappa shape index (κ1) is 17.7. The second-order valence-corrected chi connectivity index (χ2v) is 7.63. The van der Waals surface area contributed by atoms with E-state index in [1.807, 2.05) is 18.2 Å². The maximum Gasteiger partial charge on any atom is 0.234 e. The van der Waals surface area contributed by atoms with Crippen LogP contribution < -0.4 is 9.80 Å². The van der Waals surface area contributed by atoms with Gasteiger partial charge in [-0.2, -0.15) is 5.26 Å². The molecule has 5 nitrogen and oxygen atoms in total. The van der Waals surface area contributed by atoms with Crippen molar-refractivity contribution >= 4 is 11.6 Å². The van der Waals surface area contributed by atoms with E-state index in [1.54, 1.807) is 12.1 Å². The number of oxazole rings is 1. The van der Waals surface area contributed by atoms with E-state index in [1.165, 1.54) is 17.7 Å². The molecule has 0 bridgehead atoms. The van der Waals surface area contributed by atoms with E-state index < -0.39 is 0 Å². The van der Waals surface area contributed by atoms with Crippen LogP contribution in [0.4, 0.5) is 16.0 Å². The van der Waals surface area contributed by atoms with Crippen LogP contribution in [0.2, 0.25) is 0 Å². The number of anilines is 2. The summed E-state index contributed by atoms with van der Waals surface area (Å²) in [7, 11) is 0.